The Bertz CT molecular complexity index is 402. The number of hydrogen-bond acceptors (Lipinski definition) is 2. The summed E-state index contributed by atoms with van der Waals surface area (Å²) in [6.45, 7) is -0.785. The van der Waals surface area contributed by atoms with Gasteiger partial charge in [-0.15, -0.1) is 0 Å². The van der Waals surface area contributed by atoms with Gasteiger partial charge < -0.3 is 0 Å². The van der Waals surface area contributed by atoms with Crippen molar-refractivity contribution >= 4 is 19.2 Å². The van der Waals surface area contributed by atoms with Gasteiger partial charge in [0.25, 0.3) is 0 Å². The second-order valence-corrected chi connectivity index (χ2v) is 13.9. The molecule has 0 rings (SSSR count). The van der Waals surface area contributed by atoms with E-state index < -0.39 is 64.5 Å². The summed E-state index contributed by atoms with van der Waals surface area (Å²) in [5.74, 6) is -11.6. The summed E-state index contributed by atoms with van der Waals surface area (Å²) in [6.07, 6.45) is -7.38. The molecule has 0 aromatic rings. The van der Waals surface area contributed by atoms with Crippen LogP contribution in [0.4, 0.5) is 43.9 Å². The van der Waals surface area contributed by atoms with Crippen molar-refractivity contribution in [3.05, 3.63) is 0 Å². The monoisotopic (exact) mass is 504 g/mol. The fourth-order valence-electron chi connectivity index (χ4n) is 1.95. The molecule has 2 unspecified atom stereocenters. The van der Waals surface area contributed by atoms with Crippen LogP contribution < -0.4 is 0 Å². The van der Waals surface area contributed by atoms with Crippen LogP contribution >= 0.6 is 0 Å². The zero-order chi connectivity index (χ0) is 20.5. The molecule has 0 radical (unpaired) electrons. The van der Waals surface area contributed by atoms with E-state index in [1.54, 1.807) is 0 Å². The fourth-order valence-corrected chi connectivity index (χ4v) is 11.3. The third-order valence-corrected chi connectivity index (χ3v) is 13.9. The van der Waals surface area contributed by atoms with Gasteiger partial charge in [0.1, 0.15) is 0 Å². The molecule has 0 saturated carbocycles. The van der Waals surface area contributed by atoms with E-state index in [1.807, 2.05) is 0 Å². The van der Waals surface area contributed by atoms with E-state index in [1.165, 1.54) is 0 Å². The van der Waals surface area contributed by atoms with E-state index in [-0.39, 0.29) is 13.8 Å². The molecule has 0 aromatic heterocycles. The molecule has 0 amide bonds. The van der Waals surface area contributed by atoms with Crippen LogP contribution in [0.25, 0.3) is 0 Å². The second kappa shape index (κ2) is 7.95. The van der Waals surface area contributed by atoms with Crippen molar-refractivity contribution in [1.29, 1.82) is 0 Å². The zero-order valence-corrected chi connectivity index (χ0v) is 16.5. The van der Waals surface area contributed by atoms with Gasteiger partial charge in [-0.05, 0) is 0 Å². The molecule has 0 aliphatic carbocycles. The standard InChI is InChI=1S/2C4H4F5.2C2H5O.Sn/c2*1-2(5)4(8,9)3(6)7;2*1-2-3;/h2*2H,1H3;2*2H2,1H3;/q;;2*-1;+2. The first-order valence-electron chi connectivity index (χ1n) is 7.08. The first kappa shape index (κ1) is 25.0. The predicted octanol–water partition coefficient (Wildman–Crippen LogP) is 4.84. The third kappa shape index (κ3) is 3.71. The molecular weight excluding hydrogens is 485 g/mol. The molecule has 0 aromatic carbocycles. The van der Waals surface area contributed by atoms with Crippen molar-refractivity contribution in [2.45, 2.75) is 59.8 Å². The van der Waals surface area contributed by atoms with Gasteiger partial charge in [-0.2, -0.15) is 0 Å². The van der Waals surface area contributed by atoms with Crippen LogP contribution in [0.1, 0.15) is 27.7 Å². The molecule has 0 bridgehead atoms. The number of alkyl halides is 10. The summed E-state index contributed by atoms with van der Waals surface area (Å²) >= 11 is -8.30. The summed E-state index contributed by atoms with van der Waals surface area (Å²) < 4.78 is 134. The second-order valence-electron chi connectivity index (χ2n) is 5.11. The summed E-state index contributed by atoms with van der Waals surface area (Å²) in [6, 6.07) is 0. The Morgan fingerprint density at radius 1 is 0.680 bits per heavy atom. The fraction of sp³-hybridized carbons (Fsp3) is 1.00. The molecule has 0 fully saturated rings. The molecule has 0 saturated heterocycles. The molecule has 2 atom stereocenters. The van der Waals surface area contributed by atoms with Crippen LogP contribution in [0.3, 0.4) is 0 Å². The summed E-state index contributed by atoms with van der Waals surface area (Å²) in [4.78, 5) is 0. The molecule has 152 valence electrons. The zero-order valence-electron chi connectivity index (χ0n) is 13.7. The van der Waals surface area contributed by atoms with Crippen LogP contribution in [0.15, 0.2) is 0 Å². The van der Waals surface area contributed by atoms with Gasteiger partial charge in [-0.1, -0.05) is 0 Å². The molecular formula is C12H18F10O2Sn. The van der Waals surface area contributed by atoms with Crippen molar-refractivity contribution in [2.75, 3.05) is 13.2 Å². The summed E-state index contributed by atoms with van der Waals surface area (Å²) in [7, 11) is 0. The van der Waals surface area contributed by atoms with Crippen molar-refractivity contribution < 1.29 is 50.1 Å². The minimum atomic E-state index is -8.30. The van der Waals surface area contributed by atoms with Crippen molar-refractivity contribution in [2.24, 2.45) is 0 Å². The van der Waals surface area contributed by atoms with Gasteiger partial charge >= 0.3 is 142 Å². The number of rotatable bonds is 10. The van der Waals surface area contributed by atoms with E-state index in [9.17, 15) is 43.9 Å². The van der Waals surface area contributed by atoms with Gasteiger partial charge in [0.05, 0.1) is 0 Å². The topological polar surface area (TPSA) is 18.5 Å². The van der Waals surface area contributed by atoms with Crippen LogP contribution in [0.5, 0.6) is 0 Å². The average molecular weight is 503 g/mol. The molecule has 0 N–H and O–H groups in total. The van der Waals surface area contributed by atoms with E-state index in [4.69, 9.17) is 0 Å². The predicted molar refractivity (Wildman–Crippen MR) is 69.9 cm³/mol. The Morgan fingerprint density at radius 2 is 0.920 bits per heavy atom. The van der Waals surface area contributed by atoms with E-state index >= 15 is 0 Å². The Morgan fingerprint density at radius 3 is 1.08 bits per heavy atom. The molecule has 25 heavy (non-hydrogen) atoms. The van der Waals surface area contributed by atoms with Gasteiger partial charge in [0.2, 0.25) is 0 Å². The number of hydrogen-bond donors (Lipinski definition) is 0. The maximum absolute atomic E-state index is 14.4. The first-order chi connectivity index (χ1) is 11.0. The normalized spacial score (nSPS) is 17.5. The van der Waals surface area contributed by atoms with Crippen molar-refractivity contribution in [3.8, 4) is 0 Å². The SMILES string of the molecule is CC[O][Sn]([O]CC)([C](F)(F)C(F)(F)C(C)F)[C](F)(F)C(F)(F)C(C)F. The first-order valence-corrected chi connectivity index (χ1v) is 12.3. The van der Waals surface area contributed by atoms with Crippen molar-refractivity contribution in [1.82, 2.24) is 0 Å². The molecule has 0 spiro atoms. The third-order valence-electron chi connectivity index (χ3n) is 3.36. The Balaban J connectivity index is 6.79. The summed E-state index contributed by atoms with van der Waals surface area (Å²) in [5.41, 5.74) is 0. The van der Waals surface area contributed by atoms with Gasteiger partial charge in [0, 0.05) is 0 Å². The molecule has 0 aliphatic rings. The van der Waals surface area contributed by atoms with E-state index in [0.29, 0.717) is 0 Å². The molecule has 0 heterocycles. The molecule has 0 aliphatic heterocycles. The van der Waals surface area contributed by atoms with Gasteiger partial charge in [0.15, 0.2) is 0 Å². The Labute approximate surface area is 142 Å². The summed E-state index contributed by atoms with van der Waals surface area (Å²) in [5, 5.41) is 0. The van der Waals surface area contributed by atoms with Crippen LogP contribution in [-0.4, -0.2) is 64.5 Å². The molecule has 13 heteroatoms. The van der Waals surface area contributed by atoms with E-state index in [2.05, 4.69) is 6.15 Å². The van der Waals surface area contributed by atoms with Crippen LogP contribution in [0, 0.1) is 0 Å². The maximum atomic E-state index is 14.4. The Kier molecular flexibility index (Phi) is 7.95. The van der Waals surface area contributed by atoms with Crippen LogP contribution in [0.2, 0.25) is 0 Å². The average Bonchev–Trinajstić information content (AvgIpc) is 2.45. The molecule has 2 nitrogen and oxygen atoms in total. The quantitative estimate of drug-likeness (QED) is 0.314. The Hall–Kier alpha value is 0.0187. The number of halogens is 10. The van der Waals surface area contributed by atoms with Crippen LogP contribution in [-0.2, 0) is 6.15 Å². The van der Waals surface area contributed by atoms with Crippen molar-refractivity contribution in [3.63, 3.8) is 0 Å². The minimum absolute atomic E-state index is 0.0590. The van der Waals surface area contributed by atoms with Gasteiger partial charge in [-0.25, -0.2) is 0 Å². The van der Waals surface area contributed by atoms with Gasteiger partial charge in [-0.3, -0.25) is 0 Å². The van der Waals surface area contributed by atoms with E-state index in [0.717, 1.165) is 13.8 Å².